The molecule has 1 aliphatic rings. The molecule has 0 radical (unpaired) electrons. The van der Waals surface area contributed by atoms with Gasteiger partial charge in [-0.1, -0.05) is 32.9 Å². The molecule has 1 saturated heterocycles. The highest BCUT2D eigenvalue weighted by Gasteiger charge is 2.38. The van der Waals surface area contributed by atoms with Gasteiger partial charge in [0.25, 0.3) is 10.0 Å². The second-order valence-corrected chi connectivity index (χ2v) is 10.5. The first-order chi connectivity index (χ1) is 16.6. The van der Waals surface area contributed by atoms with E-state index >= 15 is 0 Å². The molecule has 198 valence electrons. The van der Waals surface area contributed by atoms with E-state index in [1.165, 1.54) is 12.1 Å². The third kappa shape index (κ3) is 7.87. The number of sulfonamides is 1. The molecular formula is C24H29F3N2O6S. The van der Waals surface area contributed by atoms with Gasteiger partial charge in [-0.25, -0.2) is 18.0 Å². The van der Waals surface area contributed by atoms with Gasteiger partial charge in [0.15, 0.2) is 0 Å². The van der Waals surface area contributed by atoms with Gasteiger partial charge in [0, 0.05) is 13.1 Å². The van der Waals surface area contributed by atoms with Crippen LogP contribution in [0.4, 0.5) is 24.5 Å². The van der Waals surface area contributed by atoms with Crippen LogP contribution in [0.5, 0.6) is 0 Å². The molecule has 0 unspecified atom stereocenters. The molecule has 0 aromatic heterocycles. The maximum Gasteiger partial charge on any atom is 0.490 e. The number of halogens is 3. The summed E-state index contributed by atoms with van der Waals surface area (Å²) in [7, 11) is -3.84. The summed E-state index contributed by atoms with van der Waals surface area (Å²) in [5, 5.41) is 16.5. The molecular weight excluding hydrogens is 501 g/mol. The van der Waals surface area contributed by atoms with E-state index in [9.17, 15) is 31.5 Å². The van der Waals surface area contributed by atoms with E-state index in [-0.39, 0.29) is 10.5 Å². The largest absolute Gasteiger partial charge is 0.490 e. The lowest BCUT2D eigenvalue weighted by molar-refractivity contribution is -0.192. The molecule has 0 amide bonds. The number of carboxylic acids is 2. The highest BCUT2D eigenvalue weighted by molar-refractivity contribution is 7.92. The van der Waals surface area contributed by atoms with E-state index in [4.69, 9.17) is 9.90 Å². The lowest BCUT2D eigenvalue weighted by Gasteiger charge is -2.33. The van der Waals surface area contributed by atoms with Crippen molar-refractivity contribution >= 4 is 33.3 Å². The molecule has 36 heavy (non-hydrogen) atoms. The number of carboxylic acid groups (broad SMARTS) is 2. The van der Waals surface area contributed by atoms with Gasteiger partial charge in [-0.2, -0.15) is 13.2 Å². The Labute approximate surface area is 207 Å². The minimum Gasteiger partial charge on any atom is -0.478 e. The van der Waals surface area contributed by atoms with Crippen molar-refractivity contribution in [2.45, 2.75) is 50.6 Å². The van der Waals surface area contributed by atoms with E-state index in [2.05, 4.69) is 16.5 Å². The Kier molecular flexibility index (Phi) is 9.36. The normalized spacial score (nSPS) is 14.7. The lowest BCUT2D eigenvalue weighted by Crippen LogP contribution is -2.33. The summed E-state index contributed by atoms with van der Waals surface area (Å²) in [6.07, 6.45) is -3.05. The fourth-order valence-electron chi connectivity index (χ4n) is 3.51. The van der Waals surface area contributed by atoms with Crippen LogP contribution in [-0.4, -0.2) is 49.8 Å². The Morgan fingerprint density at radius 3 is 2.00 bits per heavy atom. The third-order valence-corrected chi connectivity index (χ3v) is 7.09. The second-order valence-electron chi connectivity index (χ2n) is 8.84. The molecule has 0 spiro atoms. The third-order valence-electron chi connectivity index (χ3n) is 5.71. The van der Waals surface area contributed by atoms with E-state index in [0.717, 1.165) is 31.5 Å². The van der Waals surface area contributed by atoms with Gasteiger partial charge < -0.3 is 15.1 Å². The summed E-state index contributed by atoms with van der Waals surface area (Å²) < 4.78 is 60.3. The summed E-state index contributed by atoms with van der Waals surface area (Å²) in [5.41, 5.74) is 2.11. The van der Waals surface area contributed by atoms with Crippen LogP contribution in [0.15, 0.2) is 47.4 Å². The summed E-state index contributed by atoms with van der Waals surface area (Å²) in [6.45, 7) is 7.92. The number of aliphatic carboxylic acids is 1. The summed E-state index contributed by atoms with van der Waals surface area (Å²) in [4.78, 5) is 22.6. The maximum absolute atomic E-state index is 13.0. The van der Waals surface area contributed by atoms with Crippen LogP contribution in [-0.2, 0) is 14.8 Å². The molecule has 1 fully saturated rings. The molecule has 2 aromatic carbocycles. The molecule has 1 aliphatic heterocycles. The fourth-order valence-corrected chi connectivity index (χ4v) is 4.58. The van der Waals surface area contributed by atoms with Crippen molar-refractivity contribution in [3.8, 4) is 0 Å². The van der Waals surface area contributed by atoms with Crippen LogP contribution >= 0.6 is 0 Å². The molecule has 0 bridgehead atoms. The average molecular weight is 531 g/mol. The van der Waals surface area contributed by atoms with Crippen LogP contribution in [0.1, 0.15) is 55.5 Å². The fraction of sp³-hybridized carbons (Fsp3) is 0.417. The van der Waals surface area contributed by atoms with Crippen molar-refractivity contribution in [3.63, 3.8) is 0 Å². The molecule has 0 aliphatic carbocycles. The maximum atomic E-state index is 13.0. The zero-order valence-corrected chi connectivity index (χ0v) is 20.9. The van der Waals surface area contributed by atoms with Gasteiger partial charge in [-0.15, -0.1) is 0 Å². The molecule has 12 heteroatoms. The Hall–Kier alpha value is -3.28. The number of alkyl halides is 3. The summed E-state index contributed by atoms with van der Waals surface area (Å²) >= 11 is 0. The minimum atomic E-state index is -5.08. The van der Waals surface area contributed by atoms with Crippen molar-refractivity contribution < 1.29 is 41.4 Å². The van der Waals surface area contributed by atoms with Crippen LogP contribution in [0, 0.1) is 5.92 Å². The van der Waals surface area contributed by atoms with Gasteiger partial charge in [0.05, 0.1) is 21.8 Å². The number of benzene rings is 2. The van der Waals surface area contributed by atoms with Crippen molar-refractivity contribution in [2.24, 2.45) is 5.92 Å². The first-order valence-electron chi connectivity index (χ1n) is 11.2. The van der Waals surface area contributed by atoms with E-state index in [1.54, 1.807) is 30.3 Å². The molecule has 1 heterocycles. The zero-order valence-electron chi connectivity index (χ0n) is 20.0. The molecule has 3 N–H and O–H groups in total. The summed E-state index contributed by atoms with van der Waals surface area (Å²) in [5.74, 6) is -2.91. The Morgan fingerprint density at radius 1 is 1.03 bits per heavy atom. The Bertz CT molecular complexity index is 1170. The van der Waals surface area contributed by atoms with Gasteiger partial charge in [-0.05, 0) is 60.6 Å². The monoisotopic (exact) mass is 530 g/mol. The first kappa shape index (κ1) is 29.0. The van der Waals surface area contributed by atoms with Crippen molar-refractivity contribution in [1.82, 2.24) is 0 Å². The lowest BCUT2D eigenvalue weighted by atomic mass is 9.98. The molecule has 2 aromatic rings. The first-order valence-corrected chi connectivity index (χ1v) is 12.6. The highest BCUT2D eigenvalue weighted by atomic mass is 32.2. The van der Waals surface area contributed by atoms with Crippen LogP contribution in [0.2, 0.25) is 0 Å². The molecule has 0 saturated carbocycles. The Morgan fingerprint density at radius 2 is 1.56 bits per heavy atom. The zero-order chi connectivity index (χ0) is 27.3. The number of rotatable bonds is 6. The number of nitrogens with one attached hydrogen (secondary N) is 1. The predicted molar refractivity (Wildman–Crippen MR) is 129 cm³/mol. The van der Waals surface area contributed by atoms with Crippen LogP contribution in [0.3, 0.4) is 0 Å². The number of hydrogen-bond acceptors (Lipinski definition) is 5. The van der Waals surface area contributed by atoms with Crippen molar-refractivity contribution in [1.29, 1.82) is 0 Å². The standard InChI is InChI=1S/C22H28N2O4S.C2HF3O2/c1-15(2)17-4-7-19(8-5-17)29(27,28)23-20-14-18(22(25)26)6-9-21(20)24-12-10-16(3)11-13-24;3-2(4,5)1(6)7/h4-9,14-16,23H,10-13H2,1-3H3,(H,25,26);(H,6,7). The SMILES string of the molecule is CC1CCN(c2ccc(C(=O)O)cc2NS(=O)(=O)c2ccc(C(C)C)cc2)CC1.O=C(O)C(F)(F)F. The Balaban J connectivity index is 0.000000572. The van der Waals surface area contributed by atoms with Crippen LogP contribution in [0.25, 0.3) is 0 Å². The smallest absolute Gasteiger partial charge is 0.478 e. The average Bonchev–Trinajstić information content (AvgIpc) is 2.79. The number of aromatic carboxylic acids is 1. The van der Waals surface area contributed by atoms with E-state index in [1.807, 2.05) is 13.8 Å². The number of piperidine rings is 1. The van der Waals surface area contributed by atoms with Gasteiger partial charge in [0.1, 0.15) is 0 Å². The van der Waals surface area contributed by atoms with E-state index in [0.29, 0.717) is 23.2 Å². The van der Waals surface area contributed by atoms with Gasteiger partial charge in [0.2, 0.25) is 0 Å². The van der Waals surface area contributed by atoms with Crippen molar-refractivity contribution in [3.05, 3.63) is 53.6 Å². The predicted octanol–water partition coefficient (Wildman–Crippen LogP) is 5.18. The second kappa shape index (κ2) is 11.6. The highest BCUT2D eigenvalue weighted by Crippen LogP contribution is 2.32. The summed E-state index contributed by atoms with van der Waals surface area (Å²) in [6, 6.07) is 11.4. The topological polar surface area (TPSA) is 124 Å². The van der Waals surface area contributed by atoms with Gasteiger partial charge >= 0.3 is 18.1 Å². The van der Waals surface area contributed by atoms with Gasteiger partial charge in [-0.3, -0.25) is 4.72 Å². The molecule has 3 rings (SSSR count). The number of carbonyl (C=O) groups is 2. The quantitative estimate of drug-likeness (QED) is 0.470. The minimum absolute atomic E-state index is 0.0481. The van der Waals surface area contributed by atoms with Crippen molar-refractivity contribution in [2.75, 3.05) is 22.7 Å². The van der Waals surface area contributed by atoms with Crippen LogP contribution < -0.4 is 9.62 Å². The van der Waals surface area contributed by atoms with E-state index < -0.39 is 28.1 Å². The number of nitrogens with zero attached hydrogens (tertiary/aromatic N) is 1. The molecule has 8 nitrogen and oxygen atoms in total. The number of hydrogen-bond donors (Lipinski definition) is 3. The molecule has 0 atom stereocenters. The number of anilines is 2.